The van der Waals surface area contributed by atoms with Gasteiger partial charge in [0.25, 0.3) is 0 Å². The molecule has 1 amide bonds. The number of sulfonamides is 1. The first kappa shape index (κ1) is 19.3. The number of allylic oxidation sites excluding steroid dienone is 1. The Bertz CT molecular complexity index is 930. The third kappa shape index (κ3) is 5.28. The van der Waals surface area contributed by atoms with E-state index < -0.39 is 10.0 Å². The number of rotatable bonds is 6. The second-order valence-corrected chi connectivity index (χ2v) is 8.48. The van der Waals surface area contributed by atoms with Gasteiger partial charge in [0.1, 0.15) is 0 Å². The van der Waals surface area contributed by atoms with Crippen LogP contribution < -0.4 is 10.0 Å². The molecule has 2 aromatic rings. The number of benzene rings is 2. The number of carbonyl (C=O) groups is 1. The lowest BCUT2D eigenvalue weighted by atomic mass is 10.0. The maximum atomic E-state index is 12.5. The van der Waals surface area contributed by atoms with Gasteiger partial charge < -0.3 is 5.32 Å². The van der Waals surface area contributed by atoms with Crippen LogP contribution in [0.15, 0.2) is 65.1 Å². The van der Waals surface area contributed by atoms with E-state index in [0.717, 1.165) is 36.1 Å². The second kappa shape index (κ2) is 8.50. The molecule has 27 heavy (non-hydrogen) atoms. The molecule has 1 aliphatic rings. The number of hydrogen-bond acceptors (Lipinski definition) is 3. The Kier molecular flexibility index (Phi) is 6.08. The van der Waals surface area contributed by atoms with E-state index in [-0.39, 0.29) is 10.8 Å². The molecule has 0 saturated carbocycles. The SMILES string of the molecule is CC(=O)Nc1ccc(-c2ccc(S(=O)(=O)NCC3=CCCCC3)cc2)cc1. The van der Waals surface area contributed by atoms with Crippen molar-refractivity contribution in [3.05, 3.63) is 60.2 Å². The monoisotopic (exact) mass is 384 g/mol. The van der Waals surface area contributed by atoms with E-state index in [0.29, 0.717) is 6.54 Å². The standard InChI is InChI=1S/C21H24N2O3S/c1-16(24)23-20-11-7-18(8-12-20)19-9-13-21(14-10-19)27(25,26)22-15-17-5-3-2-4-6-17/h5,7-14,22H,2-4,6,15H2,1H3,(H,23,24). The van der Waals surface area contributed by atoms with Crippen molar-refractivity contribution in [2.45, 2.75) is 37.5 Å². The van der Waals surface area contributed by atoms with E-state index >= 15 is 0 Å². The van der Waals surface area contributed by atoms with Gasteiger partial charge in [-0.2, -0.15) is 0 Å². The number of carbonyl (C=O) groups excluding carboxylic acids is 1. The zero-order valence-electron chi connectivity index (χ0n) is 15.4. The van der Waals surface area contributed by atoms with Crippen molar-refractivity contribution in [1.82, 2.24) is 4.72 Å². The van der Waals surface area contributed by atoms with Gasteiger partial charge in [-0.05, 0) is 61.1 Å². The van der Waals surface area contributed by atoms with E-state index in [2.05, 4.69) is 16.1 Å². The third-order valence-electron chi connectivity index (χ3n) is 4.58. The minimum Gasteiger partial charge on any atom is -0.326 e. The van der Waals surface area contributed by atoms with Crippen LogP contribution in [0, 0.1) is 0 Å². The molecule has 6 heteroatoms. The molecule has 0 heterocycles. The van der Waals surface area contributed by atoms with Crippen LogP contribution in [-0.2, 0) is 14.8 Å². The zero-order chi connectivity index (χ0) is 19.3. The van der Waals surface area contributed by atoms with Crippen LogP contribution in [0.1, 0.15) is 32.6 Å². The molecule has 0 spiro atoms. The van der Waals surface area contributed by atoms with Crippen LogP contribution in [0.3, 0.4) is 0 Å². The lowest BCUT2D eigenvalue weighted by Crippen LogP contribution is -2.26. The van der Waals surface area contributed by atoms with Crippen molar-refractivity contribution < 1.29 is 13.2 Å². The highest BCUT2D eigenvalue weighted by molar-refractivity contribution is 7.89. The molecule has 2 N–H and O–H groups in total. The van der Waals surface area contributed by atoms with Crippen LogP contribution in [0.4, 0.5) is 5.69 Å². The molecule has 0 saturated heterocycles. The van der Waals surface area contributed by atoms with Crippen molar-refractivity contribution >= 4 is 21.6 Å². The molecule has 2 aromatic carbocycles. The molecule has 0 radical (unpaired) electrons. The molecule has 3 rings (SSSR count). The summed E-state index contributed by atoms with van der Waals surface area (Å²) in [5.41, 5.74) is 3.76. The topological polar surface area (TPSA) is 75.3 Å². The molecule has 0 aliphatic heterocycles. The summed E-state index contributed by atoms with van der Waals surface area (Å²) in [6, 6.07) is 14.2. The largest absolute Gasteiger partial charge is 0.326 e. The van der Waals surface area contributed by atoms with Gasteiger partial charge in [-0.15, -0.1) is 0 Å². The van der Waals surface area contributed by atoms with E-state index in [1.165, 1.54) is 18.9 Å². The van der Waals surface area contributed by atoms with Gasteiger partial charge in [0.2, 0.25) is 15.9 Å². The molecule has 0 aromatic heterocycles. The maximum absolute atomic E-state index is 12.5. The first-order chi connectivity index (χ1) is 12.9. The van der Waals surface area contributed by atoms with Crippen LogP contribution in [-0.4, -0.2) is 20.9 Å². The molecule has 0 bridgehead atoms. The van der Waals surface area contributed by atoms with E-state index in [1.54, 1.807) is 24.3 Å². The van der Waals surface area contributed by atoms with Crippen LogP contribution in [0.5, 0.6) is 0 Å². The normalized spacial score (nSPS) is 14.5. The summed E-state index contributed by atoms with van der Waals surface area (Å²) >= 11 is 0. The van der Waals surface area contributed by atoms with Crippen molar-refractivity contribution in [3.63, 3.8) is 0 Å². The molecule has 142 valence electrons. The molecule has 0 unspecified atom stereocenters. The van der Waals surface area contributed by atoms with E-state index in [9.17, 15) is 13.2 Å². The zero-order valence-corrected chi connectivity index (χ0v) is 16.2. The number of anilines is 1. The average Bonchev–Trinajstić information content (AvgIpc) is 2.68. The quantitative estimate of drug-likeness (QED) is 0.737. The summed E-state index contributed by atoms with van der Waals surface area (Å²) < 4.78 is 27.7. The highest BCUT2D eigenvalue weighted by Gasteiger charge is 2.15. The van der Waals surface area contributed by atoms with Crippen LogP contribution >= 0.6 is 0 Å². The van der Waals surface area contributed by atoms with E-state index in [1.807, 2.05) is 24.3 Å². The summed E-state index contributed by atoms with van der Waals surface area (Å²) in [7, 11) is -3.52. The predicted octanol–water partition coefficient (Wildman–Crippen LogP) is 4.09. The van der Waals surface area contributed by atoms with Gasteiger partial charge in [0, 0.05) is 19.2 Å². The average molecular weight is 385 g/mol. The highest BCUT2D eigenvalue weighted by atomic mass is 32.2. The van der Waals surface area contributed by atoms with Crippen LogP contribution in [0.2, 0.25) is 0 Å². The fraction of sp³-hybridized carbons (Fsp3) is 0.286. The van der Waals surface area contributed by atoms with Gasteiger partial charge in [-0.25, -0.2) is 13.1 Å². The van der Waals surface area contributed by atoms with E-state index in [4.69, 9.17) is 0 Å². The second-order valence-electron chi connectivity index (χ2n) is 6.72. The first-order valence-electron chi connectivity index (χ1n) is 9.10. The summed E-state index contributed by atoms with van der Waals surface area (Å²) in [6.45, 7) is 1.85. The Labute approximate surface area is 160 Å². The number of amides is 1. The molecule has 0 atom stereocenters. The van der Waals surface area contributed by atoms with Crippen molar-refractivity contribution in [1.29, 1.82) is 0 Å². The van der Waals surface area contributed by atoms with Crippen molar-refractivity contribution in [3.8, 4) is 11.1 Å². The Morgan fingerprint density at radius 1 is 0.963 bits per heavy atom. The summed E-state index contributed by atoms with van der Waals surface area (Å²) in [4.78, 5) is 11.3. The molecular weight excluding hydrogens is 360 g/mol. The van der Waals surface area contributed by atoms with Gasteiger partial charge in [0.05, 0.1) is 4.90 Å². The minimum absolute atomic E-state index is 0.117. The van der Waals surface area contributed by atoms with Gasteiger partial charge in [-0.1, -0.05) is 35.9 Å². The Morgan fingerprint density at radius 2 is 1.59 bits per heavy atom. The number of nitrogens with one attached hydrogen (secondary N) is 2. The predicted molar refractivity (Wildman–Crippen MR) is 108 cm³/mol. The van der Waals surface area contributed by atoms with Crippen molar-refractivity contribution in [2.24, 2.45) is 0 Å². The van der Waals surface area contributed by atoms with Gasteiger partial charge in [0.15, 0.2) is 0 Å². The molecule has 0 fully saturated rings. The Morgan fingerprint density at radius 3 is 2.15 bits per heavy atom. The maximum Gasteiger partial charge on any atom is 0.240 e. The first-order valence-corrected chi connectivity index (χ1v) is 10.6. The summed E-state index contributed by atoms with van der Waals surface area (Å²) in [5, 5.41) is 2.72. The molecule has 5 nitrogen and oxygen atoms in total. The number of hydrogen-bond donors (Lipinski definition) is 2. The summed E-state index contributed by atoms with van der Waals surface area (Å²) in [6.07, 6.45) is 6.45. The smallest absolute Gasteiger partial charge is 0.240 e. The Hall–Kier alpha value is -2.44. The minimum atomic E-state index is -3.52. The fourth-order valence-corrected chi connectivity index (χ4v) is 4.15. The third-order valence-corrected chi connectivity index (χ3v) is 5.99. The molecule has 1 aliphatic carbocycles. The fourth-order valence-electron chi connectivity index (χ4n) is 3.11. The van der Waals surface area contributed by atoms with Gasteiger partial charge in [-0.3, -0.25) is 4.79 Å². The van der Waals surface area contributed by atoms with Gasteiger partial charge >= 0.3 is 0 Å². The van der Waals surface area contributed by atoms with Crippen molar-refractivity contribution in [2.75, 3.05) is 11.9 Å². The summed E-state index contributed by atoms with van der Waals surface area (Å²) in [5.74, 6) is -0.117. The lowest BCUT2D eigenvalue weighted by molar-refractivity contribution is -0.114. The highest BCUT2D eigenvalue weighted by Crippen LogP contribution is 2.23. The molecular formula is C21H24N2O3S. The lowest BCUT2D eigenvalue weighted by Gasteiger charge is -2.14. The Balaban J connectivity index is 1.68. The van der Waals surface area contributed by atoms with Crippen LogP contribution in [0.25, 0.3) is 11.1 Å².